The van der Waals surface area contributed by atoms with Gasteiger partial charge in [0.15, 0.2) is 11.5 Å². The fourth-order valence-corrected chi connectivity index (χ4v) is 8.91. The number of benzene rings is 3. The van der Waals surface area contributed by atoms with Gasteiger partial charge in [-0.15, -0.1) is 0 Å². The summed E-state index contributed by atoms with van der Waals surface area (Å²) in [6.45, 7) is 6.04. The Balaban J connectivity index is 1.40. The Morgan fingerprint density at radius 1 is 0.902 bits per heavy atom. The SMILES string of the molecule is CC[C@@H]1CC[C@@H](OC(C)=O)CC(=O)C[C@H](c2cc(O)c(O)c(OC)c2)n2cc3cccc(c3c2)N(CCC(C)=O)C2=CC(=CCN2)[C@H](c2cccc(O)c2)Cc2c[nH]cc2C1. The van der Waals surface area contributed by atoms with E-state index >= 15 is 0 Å². The van der Waals surface area contributed by atoms with Crippen LogP contribution in [0.4, 0.5) is 5.69 Å². The molecule has 7 rings (SSSR count). The Hall–Kier alpha value is -6.43. The standard InChI is InChI=1S/C49H56N4O8/c1-5-32-12-13-41(61-31(3)55)24-40(57)25-45(36-21-46(58)49(59)47(22-36)60-4)52-28-35-9-7-11-44(43(35)29-52)53(17-15-30(2)54)48-23-34(14-16-51-48)42(33-8-6-10-39(56)19-33)20-38-27-50-26-37(38)18-32/h6-11,14,19,21-23,26-29,32,41-42,45,50-51,56,58-59H,5,12-13,15-18,20,24-25H2,1-4H3/t32-,41-,42+,45-/m1/s1. The molecular weight excluding hydrogens is 773 g/mol. The second-order valence-corrected chi connectivity index (χ2v) is 16.4. The Kier molecular flexibility index (Phi) is 13.2. The summed E-state index contributed by atoms with van der Waals surface area (Å²) < 4.78 is 13.2. The lowest BCUT2D eigenvalue weighted by molar-refractivity contribution is -0.148. The predicted octanol–water partition coefficient (Wildman–Crippen LogP) is 8.51. The van der Waals surface area contributed by atoms with Gasteiger partial charge in [-0.25, -0.2) is 0 Å². The van der Waals surface area contributed by atoms with Crippen LogP contribution in [0.2, 0.25) is 0 Å². The predicted molar refractivity (Wildman–Crippen MR) is 235 cm³/mol. The topological polar surface area (TPSA) is 166 Å². The van der Waals surface area contributed by atoms with Crippen molar-refractivity contribution in [3.63, 3.8) is 0 Å². The normalized spacial score (nSPS) is 20.2. The molecule has 0 aliphatic carbocycles. The molecule has 0 spiro atoms. The molecule has 5 N–H and O–H groups in total. The number of aromatic hydroxyl groups is 3. The number of hydrogen-bond donors (Lipinski definition) is 5. The number of esters is 1. The first-order chi connectivity index (χ1) is 29.4. The average Bonchev–Trinajstić information content (AvgIpc) is 3.88. The second kappa shape index (κ2) is 18.9. The highest BCUT2D eigenvalue weighted by Gasteiger charge is 2.28. The quantitative estimate of drug-likeness (QED) is 0.0756. The number of ether oxygens (including phenoxy) is 2. The molecule has 4 bridgehead atoms. The van der Waals surface area contributed by atoms with Gasteiger partial charge in [-0.1, -0.05) is 43.7 Å². The Labute approximate surface area is 356 Å². The van der Waals surface area contributed by atoms with E-state index in [-0.39, 0.29) is 53.5 Å². The summed E-state index contributed by atoms with van der Waals surface area (Å²) in [6.07, 6.45) is 15.6. The van der Waals surface area contributed by atoms with Gasteiger partial charge in [-0.3, -0.25) is 14.4 Å². The molecule has 0 amide bonds. The average molecular weight is 829 g/mol. The van der Waals surface area contributed by atoms with E-state index in [0.29, 0.717) is 37.9 Å². The lowest BCUT2D eigenvalue weighted by atomic mass is 9.82. The number of H-pyrrole nitrogens is 1. The number of phenolic OH excluding ortho intramolecular Hbond substituents is 3. The summed E-state index contributed by atoms with van der Waals surface area (Å²) in [4.78, 5) is 44.8. The van der Waals surface area contributed by atoms with E-state index in [4.69, 9.17) is 9.47 Å². The molecule has 12 nitrogen and oxygen atoms in total. The monoisotopic (exact) mass is 828 g/mol. The molecule has 0 fully saturated rings. The molecule has 12 heteroatoms. The van der Waals surface area contributed by atoms with Crippen LogP contribution in [-0.2, 0) is 32.0 Å². The van der Waals surface area contributed by atoms with E-state index in [2.05, 4.69) is 52.7 Å². The molecule has 2 aliphatic heterocycles. The van der Waals surface area contributed by atoms with Gasteiger partial charge >= 0.3 is 5.97 Å². The van der Waals surface area contributed by atoms with E-state index in [1.165, 1.54) is 31.2 Å². The van der Waals surface area contributed by atoms with Gasteiger partial charge in [0.2, 0.25) is 5.75 Å². The number of nitrogens with one attached hydrogen (secondary N) is 2. The van der Waals surface area contributed by atoms with Gasteiger partial charge in [0.25, 0.3) is 0 Å². The van der Waals surface area contributed by atoms with Crippen LogP contribution in [0.5, 0.6) is 23.0 Å². The number of aromatic amines is 1. The zero-order valence-corrected chi connectivity index (χ0v) is 35.3. The van der Waals surface area contributed by atoms with Crippen molar-refractivity contribution in [2.45, 2.75) is 90.2 Å². The first-order valence-electron chi connectivity index (χ1n) is 21.2. The molecule has 0 saturated heterocycles. The summed E-state index contributed by atoms with van der Waals surface area (Å²) in [5.74, 6) is -0.0993. The molecular formula is C49H56N4O8. The number of carbonyl (C=O) groups is 3. The maximum atomic E-state index is 14.2. The number of Topliss-reactive ketones (excluding diaryl/α,β-unsaturated/α-hetero) is 2. The molecule has 3 aromatic carbocycles. The van der Waals surface area contributed by atoms with Crippen LogP contribution < -0.4 is 15.0 Å². The van der Waals surface area contributed by atoms with Crippen LogP contribution >= 0.6 is 0 Å². The Morgan fingerprint density at radius 3 is 2.43 bits per heavy atom. The van der Waals surface area contributed by atoms with Crippen molar-refractivity contribution in [2.75, 3.05) is 25.1 Å². The maximum Gasteiger partial charge on any atom is 0.302 e. The Bertz CT molecular complexity index is 2460. The summed E-state index contributed by atoms with van der Waals surface area (Å²) in [6, 6.07) is 15.8. The van der Waals surface area contributed by atoms with Crippen molar-refractivity contribution >= 4 is 34.0 Å². The number of anilines is 1. The van der Waals surface area contributed by atoms with Crippen LogP contribution in [0.3, 0.4) is 0 Å². The molecule has 4 heterocycles. The third kappa shape index (κ3) is 9.96. The first kappa shape index (κ1) is 42.7. The minimum absolute atomic E-state index is 0.00326. The number of carbonyl (C=O) groups excluding carboxylic acids is 3. The molecule has 0 unspecified atom stereocenters. The third-order valence-electron chi connectivity index (χ3n) is 12.1. The summed E-state index contributed by atoms with van der Waals surface area (Å²) in [5, 5.41) is 37.4. The summed E-state index contributed by atoms with van der Waals surface area (Å²) in [7, 11) is 1.40. The molecule has 5 aromatic rings. The zero-order chi connectivity index (χ0) is 43.2. The molecule has 2 aromatic heterocycles. The molecule has 0 radical (unpaired) electrons. The highest BCUT2D eigenvalue weighted by Crippen LogP contribution is 2.42. The fourth-order valence-electron chi connectivity index (χ4n) is 8.91. The number of hydrogen-bond acceptors (Lipinski definition) is 10. The van der Waals surface area contributed by atoms with Crippen molar-refractivity contribution in [3.05, 3.63) is 125 Å². The van der Waals surface area contributed by atoms with Gasteiger partial charge in [0, 0.05) is 80.8 Å². The lowest BCUT2D eigenvalue weighted by Crippen LogP contribution is -2.35. The van der Waals surface area contributed by atoms with E-state index in [1.807, 2.05) is 47.3 Å². The second-order valence-electron chi connectivity index (χ2n) is 16.4. The van der Waals surface area contributed by atoms with Gasteiger partial charge in [-0.05, 0) is 103 Å². The van der Waals surface area contributed by atoms with Gasteiger partial charge in [0.1, 0.15) is 29.2 Å². The molecule has 2 aliphatic rings. The van der Waals surface area contributed by atoms with E-state index in [9.17, 15) is 29.7 Å². The fraction of sp³-hybridized carbons (Fsp3) is 0.367. The number of dihydropyridines is 1. The van der Waals surface area contributed by atoms with Crippen molar-refractivity contribution in [1.29, 1.82) is 0 Å². The van der Waals surface area contributed by atoms with Crippen LogP contribution in [0.15, 0.2) is 103 Å². The van der Waals surface area contributed by atoms with Crippen LogP contribution in [0, 0.1) is 5.92 Å². The van der Waals surface area contributed by atoms with Crippen LogP contribution in [-0.4, -0.2) is 68.7 Å². The summed E-state index contributed by atoms with van der Waals surface area (Å²) in [5.41, 5.74) is 5.80. The molecule has 0 saturated carbocycles. The van der Waals surface area contributed by atoms with Crippen LogP contribution in [0.1, 0.15) is 93.5 Å². The smallest absolute Gasteiger partial charge is 0.302 e. The van der Waals surface area contributed by atoms with Crippen molar-refractivity contribution < 1.29 is 39.2 Å². The number of rotatable bonds is 8. The largest absolute Gasteiger partial charge is 0.508 e. The maximum absolute atomic E-state index is 14.2. The van der Waals surface area contributed by atoms with Gasteiger partial charge in [-0.2, -0.15) is 0 Å². The van der Waals surface area contributed by atoms with E-state index in [1.54, 1.807) is 19.1 Å². The number of nitrogens with zero attached hydrogens (tertiary/aromatic N) is 2. The van der Waals surface area contributed by atoms with Crippen molar-refractivity contribution in [2.24, 2.45) is 5.92 Å². The van der Waals surface area contributed by atoms with E-state index < -0.39 is 23.9 Å². The minimum Gasteiger partial charge on any atom is -0.508 e. The lowest BCUT2D eigenvalue weighted by Gasteiger charge is -2.32. The van der Waals surface area contributed by atoms with Crippen molar-refractivity contribution in [1.82, 2.24) is 14.9 Å². The number of phenols is 3. The zero-order valence-electron chi connectivity index (χ0n) is 35.3. The first-order valence-corrected chi connectivity index (χ1v) is 21.2. The molecule has 4 atom stereocenters. The third-order valence-corrected chi connectivity index (χ3v) is 12.1. The summed E-state index contributed by atoms with van der Waals surface area (Å²) >= 11 is 0. The number of aromatic nitrogens is 2. The van der Waals surface area contributed by atoms with Crippen molar-refractivity contribution in [3.8, 4) is 23.0 Å². The van der Waals surface area contributed by atoms with Gasteiger partial charge < -0.3 is 44.6 Å². The van der Waals surface area contributed by atoms with Gasteiger partial charge in [0.05, 0.1) is 18.8 Å². The highest BCUT2D eigenvalue weighted by atomic mass is 16.5. The highest BCUT2D eigenvalue weighted by molar-refractivity contribution is 5.95. The minimum atomic E-state index is -0.647. The molecule has 61 heavy (non-hydrogen) atoms. The molecule has 320 valence electrons. The number of allylic oxidation sites excluding steroid dienone is 2. The van der Waals surface area contributed by atoms with E-state index in [0.717, 1.165) is 52.7 Å². The number of methoxy groups -OCH3 is 1. The number of fused-ring (bicyclic) bond motifs is 3. The number of ketones is 2. The Morgan fingerprint density at radius 2 is 1.69 bits per heavy atom. The van der Waals surface area contributed by atoms with Crippen LogP contribution in [0.25, 0.3) is 10.8 Å².